The molecule has 4 nitrogen and oxygen atoms in total. The number of nitrogens with one attached hydrogen (secondary N) is 1. The van der Waals surface area contributed by atoms with Gasteiger partial charge in [-0.05, 0) is 24.6 Å². The van der Waals surface area contributed by atoms with Gasteiger partial charge in [-0.1, -0.05) is 6.07 Å². The summed E-state index contributed by atoms with van der Waals surface area (Å²) in [5.74, 6) is 0.585. The largest absolute Gasteiger partial charge is 0.495 e. The molecular formula is C12H16N2O2. The smallest absolute Gasteiger partial charge is 0.136 e. The number of ether oxygens (including phenoxy) is 1. The Hall–Kier alpha value is -1.57. The van der Waals surface area contributed by atoms with E-state index in [1.165, 1.54) is 0 Å². The Labute approximate surface area is 95.5 Å². The Morgan fingerprint density at radius 1 is 1.56 bits per heavy atom. The number of aliphatic hydroxyl groups excluding tert-OH is 1. The highest BCUT2D eigenvalue weighted by Crippen LogP contribution is 2.18. The number of benzene rings is 1. The van der Waals surface area contributed by atoms with Crippen LogP contribution < -0.4 is 10.1 Å². The third kappa shape index (κ3) is 3.54. The average molecular weight is 220 g/mol. The van der Waals surface area contributed by atoms with E-state index in [4.69, 9.17) is 15.1 Å². The zero-order valence-electron chi connectivity index (χ0n) is 9.53. The quantitative estimate of drug-likeness (QED) is 0.778. The van der Waals surface area contributed by atoms with Crippen LogP contribution in [0.1, 0.15) is 18.1 Å². The van der Waals surface area contributed by atoms with Crippen molar-refractivity contribution in [1.29, 1.82) is 5.26 Å². The van der Waals surface area contributed by atoms with E-state index in [1.54, 1.807) is 26.2 Å². The summed E-state index contributed by atoms with van der Waals surface area (Å²) in [6, 6.07) is 7.54. The number of rotatable bonds is 5. The van der Waals surface area contributed by atoms with Crippen molar-refractivity contribution in [2.24, 2.45) is 0 Å². The van der Waals surface area contributed by atoms with Crippen molar-refractivity contribution in [3.63, 3.8) is 0 Å². The lowest BCUT2D eigenvalue weighted by atomic mass is 10.1. The Morgan fingerprint density at radius 3 is 2.88 bits per heavy atom. The molecule has 0 aromatic heterocycles. The number of hydrogen-bond acceptors (Lipinski definition) is 4. The van der Waals surface area contributed by atoms with Gasteiger partial charge in [0.05, 0.1) is 18.8 Å². The molecule has 0 radical (unpaired) electrons. The van der Waals surface area contributed by atoms with Crippen molar-refractivity contribution in [3.8, 4) is 11.8 Å². The lowest BCUT2D eigenvalue weighted by Gasteiger charge is -2.08. The van der Waals surface area contributed by atoms with E-state index in [-0.39, 0.29) is 6.10 Å². The van der Waals surface area contributed by atoms with Crippen LogP contribution in [0.15, 0.2) is 18.2 Å². The van der Waals surface area contributed by atoms with Gasteiger partial charge in [0.25, 0.3) is 0 Å². The Kier molecular flexibility index (Phi) is 4.77. The molecule has 0 aliphatic rings. The summed E-state index contributed by atoms with van der Waals surface area (Å²) in [4.78, 5) is 0. The summed E-state index contributed by atoms with van der Waals surface area (Å²) in [5, 5.41) is 21.1. The fourth-order valence-electron chi connectivity index (χ4n) is 1.38. The summed E-state index contributed by atoms with van der Waals surface area (Å²) in [6.45, 7) is 2.89. The summed E-state index contributed by atoms with van der Waals surface area (Å²) >= 11 is 0. The van der Waals surface area contributed by atoms with Crippen LogP contribution in [-0.4, -0.2) is 24.9 Å². The van der Waals surface area contributed by atoms with Crippen LogP contribution >= 0.6 is 0 Å². The molecule has 0 unspecified atom stereocenters. The molecule has 0 saturated carbocycles. The number of methoxy groups -OCH3 is 1. The van der Waals surface area contributed by atoms with Crippen molar-refractivity contribution in [3.05, 3.63) is 29.3 Å². The van der Waals surface area contributed by atoms with Crippen molar-refractivity contribution >= 4 is 0 Å². The molecular weight excluding hydrogens is 204 g/mol. The second kappa shape index (κ2) is 6.11. The molecule has 0 saturated heterocycles. The highest BCUT2D eigenvalue weighted by Gasteiger charge is 2.03. The van der Waals surface area contributed by atoms with Gasteiger partial charge in [-0.15, -0.1) is 0 Å². The molecule has 1 aromatic rings. The molecule has 16 heavy (non-hydrogen) atoms. The molecule has 0 heterocycles. The molecule has 4 heteroatoms. The molecule has 0 aliphatic carbocycles. The van der Waals surface area contributed by atoms with Gasteiger partial charge in [0.15, 0.2) is 0 Å². The Bertz CT molecular complexity index is 383. The predicted molar refractivity (Wildman–Crippen MR) is 61.1 cm³/mol. The maximum atomic E-state index is 9.08. The first-order valence-corrected chi connectivity index (χ1v) is 5.13. The molecule has 86 valence electrons. The van der Waals surface area contributed by atoms with Gasteiger partial charge in [-0.25, -0.2) is 0 Å². The summed E-state index contributed by atoms with van der Waals surface area (Å²) in [7, 11) is 1.54. The average Bonchev–Trinajstić information content (AvgIpc) is 2.28. The van der Waals surface area contributed by atoms with Gasteiger partial charge in [0.1, 0.15) is 11.8 Å². The Morgan fingerprint density at radius 2 is 2.31 bits per heavy atom. The summed E-state index contributed by atoms with van der Waals surface area (Å²) in [6.07, 6.45) is -0.367. The van der Waals surface area contributed by atoms with E-state index in [2.05, 4.69) is 11.4 Å². The SMILES string of the molecule is COc1ccc(CNC[C@@H](C)O)cc1C#N. The second-order valence-corrected chi connectivity index (χ2v) is 3.63. The van der Waals surface area contributed by atoms with Crippen LogP contribution in [-0.2, 0) is 6.54 Å². The summed E-state index contributed by atoms with van der Waals surface area (Å²) < 4.78 is 5.05. The highest BCUT2D eigenvalue weighted by molar-refractivity contribution is 5.45. The lowest BCUT2D eigenvalue weighted by Crippen LogP contribution is -2.23. The summed E-state index contributed by atoms with van der Waals surface area (Å²) in [5.41, 5.74) is 1.52. The topological polar surface area (TPSA) is 65.3 Å². The zero-order valence-corrected chi connectivity index (χ0v) is 9.53. The van der Waals surface area contributed by atoms with E-state index in [1.807, 2.05) is 6.07 Å². The van der Waals surface area contributed by atoms with Gasteiger partial charge in [0.2, 0.25) is 0 Å². The van der Waals surface area contributed by atoms with Crippen LogP contribution in [0.3, 0.4) is 0 Å². The van der Waals surface area contributed by atoms with E-state index in [0.29, 0.717) is 24.4 Å². The van der Waals surface area contributed by atoms with Crippen molar-refractivity contribution in [2.45, 2.75) is 19.6 Å². The lowest BCUT2D eigenvalue weighted by molar-refractivity contribution is 0.191. The monoisotopic (exact) mass is 220 g/mol. The first-order chi connectivity index (χ1) is 7.67. The molecule has 0 aliphatic heterocycles. The molecule has 1 aromatic carbocycles. The molecule has 2 N–H and O–H groups in total. The first-order valence-electron chi connectivity index (χ1n) is 5.13. The third-order valence-corrected chi connectivity index (χ3v) is 2.15. The standard InChI is InChI=1S/C12H16N2O2/c1-9(15)7-14-8-10-3-4-12(16-2)11(5-10)6-13/h3-5,9,14-15H,7-8H2,1-2H3/t9-/m1/s1. The van der Waals surface area contributed by atoms with Gasteiger partial charge >= 0.3 is 0 Å². The van der Waals surface area contributed by atoms with Crippen LogP contribution in [0.4, 0.5) is 0 Å². The fraction of sp³-hybridized carbons (Fsp3) is 0.417. The molecule has 0 bridgehead atoms. The second-order valence-electron chi connectivity index (χ2n) is 3.63. The van der Waals surface area contributed by atoms with Crippen LogP contribution in [0.2, 0.25) is 0 Å². The number of nitriles is 1. The van der Waals surface area contributed by atoms with Crippen LogP contribution in [0.25, 0.3) is 0 Å². The maximum Gasteiger partial charge on any atom is 0.136 e. The molecule has 1 rings (SSSR count). The van der Waals surface area contributed by atoms with E-state index in [9.17, 15) is 0 Å². The minimum Gasteiger partial charge on any atom is -0.495 e. The highest BCUT2D eigenvalue weighted by atomic mass is 16.5. The number of aliphatic hydroxyl groups is 1. The number of hydrogen-bond donors (Lipinski definition) is 2. The molecule has 0 spiro atoms. The third-order valence-electron chi connectivity index (χ3n) is 2.15. The van der Waals surface area contributed by atoms with Crippen molar-refractivity contribution < 1.29 is 9.84 Å². The van der Waals surface area contributed by atoms with Crippen LogP contribution in [0, 0.1) is 11.3 Å². The van der Waals surface area contributed by atoms with Crippen molar-refractivity contribution in [1.82, 2.24) is 5.32 Å². The van der Waals surface area contributed by atoms with E-state index < -0.39 is 0 Å². The minimum absolute atomic E-state index is 0.367. The van der Waals surface area contributed by atoms with E-state index in [0.717, 1.165) is 5.56 Å². The normalized spacial score (nSPS) is 11.9. The van der Waals surface area contributed by atoms with E-state index >= 15 is 0 Å². The van der Waals surface area contributed by atoms with Gasteiger partial charge in [-0.3, -0.25) is 0 Å². The molecule has 1 atom stereocenters. The maximum absolute atomic E-state index is 9.08. The minimum atomic E-state index is -0.367. The number of nitrogens with zero attached hydrogens (tertiary/aromatic N) is 1. The molecule has 0 fully saturated rings. The van der Waals surface area contributed by atoms with Gasteiger partial charge in [-0.2, -0.15) is 5.26 Å². The van der Waals surface area contributed by atoms with Crippen LogP contribution in [0.5, 0.6) is 5.75 Å². The first kappa shape index (κ1) is 12.5. The Balaban J connectivity index is 2.65. The van der Waals surface area contributed by atoms with Gasteiger partial charge < -0.3 is 15.2 Å². The molecule has 0 amide bonds. The van der Waals surface area contributed by atoms with Gasteiger partial charge in [0, 0.05) is 13.1 Å². The fourth-order valence-corrected chi connectivity index (χ4v) is 1.38. The predicted octanol–water partition coefficient (Wildman–Crippen LogP) is 1.04. The zero-order chi connectivity index (χ0) is 12.0. The van der Waals surface area contributed by atoms with Crippen molar-refractivity contribution in [2.75, 3.05) is 13.7 Å².